The third-order valence-corrected chi connectivity index (χ3v) is 7.96. The van der Waals surface area contributed by atoms with Gasteiger partial charge in [0, 0.05) is 30.1 Å². The van der Waals surface area contributed by atoms with Crippen LogP contribution < -0.4 is 20.7 Å². The maximum absolute atomic E-state index is 13.3. The van der Waals surface area contributed by atoms with Crippen LogP contribution in [0.3, 0.4) is 0 Å². The lowest BCUT2D eigenvalue weighted by Crippen LogP contribution is -2.53. The van der Waals surface area contributed by atoms with Crippen LogP contribution in [-0.4, -0.2) is 54.3 Å². The lowest BCUT2D eigenvalue weighted by Gasteiger charge is -2.27. The number of hydrogen-bond donors (Lipinski definition) is 3. The first kappa shape index (κ1) is 30.4. The molecule has 2 aromatic rings. The SMILES string of the molecule is O=C[C@H](CCC(=O)N1CCOc2ccccc2C1)NC(=O)[C@H](CC1CCCCC1)NC(=O)NCc1cccc(Cl)c1. The van der Waals surface area contributed by atoms with E-state index in [1.807, 2.05) is 30.3 Å². The molecule has 220 valence electrons. The number of hydrogen-bond acceptors (Lipinski definition) is 5. The quantitative estimate of drug-likeness (QED) is 0.340. The fourth-order valence-corrected chi connectivity index (χ4v) is 5.67. The molecule has 0 bridgehead atoms. The predicted octanol–water partition coefficient (Wildman–Crippen LogP) is 4.36. The van der Waals surface area contributed by atoms with E-state index in [0.29, 0.717) is 43.3 Å². The highest BCUT2D eigenvalue weighted by Crippen LogP contribution is 2.27. The zero-order valence-electron chi connectivity index (χ0n) is 23.3. The Morgan fingerprint density at radius 2 is 1.85 bits per heavy atom. The molecule has 2 aliphatic rings. The topological polar surface area (TPSA) is 117 Å². The summed E-state index contributed by atoms with van der Waals surface area (Å²) in [5.41, 5.74) is 1.77. The summed E-state index contributed by atoms with van der Waals surface area (Å²) in [6.07, 6.45) is 6.81. The van der Waals surface area contributed by atoms with E-state index >= 15 is 0 Å². The monoisotopic (exact) mass is 582 g/mol. The number of fused-ring (bicyclic) bond motifs is 1. The van der Waals surface area contributed by atoms with Crippen LogP contribution in [0.4, 0.5) is 4.79 Å². The molecule has 1 saturated carbocycles. The highest BCUT2D eigenvalue weighted by atomic mass is 35.5. The summed E-state index contributed by atoms with van der Waals surface area (Å²) in [5.74, 6) is 0.560. The lowest BCUT2D eigenvalue weighted by atomic mass is 9.84. The van der Waals surface area contributed by atoms with Gasteiger partial charge in [-0.15, -0.1) is 0 Å². The fourth-order valence-electron chi connectivity index (χ4n) is 5.46. The van der Waals surface area contributed by atoms with E-state index in [2.05, 4.69) is 16.0 Å². The van der Waals surface area contributed by atoms with Crippen molar-refractivity contribution in [3.8, 4) is 5.75 Å². The highest BCUT2D eigenvalue weighted by Gasteiger charge is 2.28. The number of carbonyl (C=O) groups is 4. The third-order valence-electron chi connectivity index (χ3n) is 7.72. The van der Waals surface area contributed by atoms with Gasteiger partial charge in [-0.05, 0) is 42.5 Å². The van der Waals surface area contributed by atoms with Crippen LogP contribution in [0.25, 0.3) is 0 Å². The molecule has 9 nitrogen and oxygen atoms in total. The second kappa shape index (κ2) is 15.4. The summed E-state index contributed by atoms with van der Waals surface area (Å²) < 4.78 is 5.74. The van der Waals surface area contributed by atoms with Crippen molar-refractivity contribution in [3.05, 3.63) is 64.7 Å². The summed E-state index contributed by atoms with van der Waals surface area (Å²) in [4.78, 5) is 52.7. The van der Waals surface area contributed by atoms with Gasteiger partial charge in [0.15, 0.2) is 0 Å². The Morgan fingerprint density at radius 3 is 2.63 bits per heavy atom. The number of carbonyl (C=O) groups excluding carboxylic acids is 4. The van der Waals surface area contributed by atoms with Crippen molar-refractivity contribution in [2.24, 2.45) is 5.92 Å². The van der Waals surface area contributed by atoms with E-state index in [1.165, 1.54) is 6.42 Å². The van der Waals surface area contributed by atoms with E-state index < -0.39 is 24.0 Å². The van der Waals surface area contributed by atoms with Crippen molar-refractivity contribution < 1.29 is 23.9 Å². The average molecular weight is 583 g/mol. The number of nitrogens with one attached hydrogen (secondary N) is 3. The molecule has 0 saturated heterocycles. The van der Waals surface area contributed by atoms with E-state index in [0.717, 1.165) is 42.6 Å². The second-order valence-electron chi connectivity index (χ2n) is 10.8. The smallest absolute Gasteiger partial charge is 0.315 e. The predicted molar refractivity (Wildman–Crippen MR) is 156 cm³/mol. The van der Waals surface area contributed by atoms with Crippen molar-refractivity contribution in [2.45, 2.75) is 76.5 Å². The molecule has 0 radical (unpaired) electrons. The molecule has 1 aliphatic carbocycles. The molecule has 0 spiro atoms. The Morgan fingerprint density at radius 1 is 1.05 bits per heavy atom. The maximum atomic E-state index is 13.3. The summed E-state index contributed by atoms with van der Waals surface area (Å²) in [5, 5.41) is 8.94. The fraction of sp³-hybridized carbons (Fsp3) is 0.484. The molecule has 1 aliphatic heterocycles. The maximum Gasteiger partial charge on any atom is 0.315 e. The van der Waals surface area contributed by atoms with Gasteiger partial charge in [0.1, 0.15) is 24.7 Å². The molecular formula is C31H39ClN4O5. The Bertz CT molecular complexity index is 1200. The number of nitrogens with zero attached hydrogens (tertiary/aromatic N) is 1. The zero-order chi connectivity index (χ0) is 29.0. The van der Waals surface area contributed by atoms with Crippen LogP contribution in [0, 0.1) is 5.92 Å². The van der Waals surface area contributed by atoms with Gasteiger partial charge in [-0.25, -0.2) is 4.79 Å². The molecule has 10 heteroatoms. The molecular weight excluding hydrogens is 544 g/mol. The molecule has 2 atom stereocenters. The molecule has 4 rings (SSSR count). The lowest BCUT2D eigenvalue weighted by molar-refractivity contribution is -0.132. The van der Waals surface area contributed by atoms with Crippen LogP contribution in [0.2, 0.25) is 5.02 Å². The Balaban J connectivity index is 1.31. The number of ether oxygens (including phenoxy) is 1. The van der Waals surface area contributed by atoms with Gasteiger partial charge in [-0.3, -0.25) is 9.59 Å². The Labute approximate surface area is 246 Å². The van der Waals surface area contributed by atoms with Gasteiger partial charge in [0.2, 0.25) is 11.8 Å². The normalized spacial score (nSPS) is 16.8. The molecule has 2 aromatic carbocycles. The van der Waals surface area contributed by atoms with Crippen molar-refractivity contribution in [1.29, 1.82) is 0 Å². The van der Waals surface area contributed by atoms with Gasteiger partial charge in [-0.1, -0.05) is 74.0 Å². The number of rotatable bonds is 11. The average Bonchev–Trinajstić information content (AvgIpc) is 3.21. The van der Waals surface area contributed by atoms with E-state index in [-0.39, 0.29) is 25.3 Å². The van der Waals surface area contributed by atoms with Gasteiger partial charge in [0.05, 0.1) is 12.6 Å². The molecule has 3 N–H and O–H groups in total. The van der Waals surface area contributed by atoms with Crippen LogP contribution in [-0.2, 0) is 27.5 Å². The molecule has 1 heterocycles. The summed E-state index contributed by atoms with van der Waals surface area (Å²) in [6, 6.07) is 12.7. The first-order valence-corrected chi connectivity index (χ1v) is 14.8. The van der Waals surface area contributed by atoms with Gasteiger partial charge < -0.3 is 30.4 Å². The standard InChI is InChI=1S/C31H39ClN4O5/c32-25-11-6-9-23(17-25)19-33-31(40)35-27(18-22-7-2-1-3-8-22)30(39)34-26(21-37)13-14-29(38)36-15-16-41-28-12-5-4-10-24(28)20-36/h4-6,9-12,17,21-22,26-27H,1-3,7-8,13-16,18-20H2,(H,34,39)(H2,33,35,40)/t26-,27-/m0/s1. The Hall–Kier alpha value is -3.59. The van der Waals surface area contributed by atoms with E-state index in [9.17, 15) is 19.2 Å². The minimum absolute atomic E-state index is 0.104. The number of amides is 4. The summed E-state index contributed by atoms with van der Waals surface area (Å²) >= 11 is 6.03. The van der Waals surface area contributed by atoms with E-state index in [4.69, 9.17) is 16.3 Å². The molecule has 0 unspecified atom stereocenters. The van der Waals surface area contributed by atoms with Crippen LogP contribution >= 0.6 is 11.6 Å². The first-order chi connectivity index (χ1) is 19.9. The third kappa shape index (κ3) is 9.49. The van der Waals surface area contributed by atoms with Gasteiger partial charge in [0.25, 0.3) is 0 Å². The number of urea groups is 1. The molecule has 1 fully saturated rings. The minimum atomic E-state index is -0.841. The second-order valence-corrected chi connectivity index (χ2v) is 11.2. The van der Waals surface area contributed by atoms with Gasteiger partial charge >= 0.3 is 6.03 Å². The molecule has 4 amide bonds. The number of benzene rings is 2. The van der Waals surface area contributed by atoms with Crippen LogP contribution in [0.1, 0.15) is 62.5 Å². The largest absolute Gasteiger partial charge is 0.491 e. The first-order valence-electron chi connectivity index (χ1n) is 14.4. The van der Waals surface area contributed by atoms with Crippen LogP contribution in [0.5, 0.6) is 5.75 Å². The van der Waals surface area contributed by atoms with E-state index in [1.54, 1.807) is 23.1 Å². The minimum Gasteiger partial charge on any atom is -0.491 e. The number of para-hydroxylation sites is 1. The van der Waals surface area contributed by atoms with Crippen LogP contribution in [0.15, 0.2) is 48.5 Å². The van der Waals surface area contributed by atoms with Gasteiger partial charge in [-0.2, -0.15) is 0 Å². The van der Waals surface area contributed by atoms with Crippen molar-refractivity contribution in [3.63, 3.8) is 0 Å². The molecule has 41 heavy (non-hydrogen) atoms. The summed E-state index contributed by atoms with van der Waals surface area (Å²) in [7, 11) is 0. The van der Waals surface area contributed by atoms with Crippen molar-refractivity contribution in [2.75, 3.05) is 13.2 Å². The Kier molecular flexibility index (Phi) is 11.4. The summed E-state index contributed by atoms with van der Waals surface area (Å²) in [6.45, 7) is 1.54. The highest BCUT2D eigenvalue weighted by molar-refractivity contribution is 6.30. The number of halogens is 1. The molecule has 0 aromatic heterocycles. The van der Waals surface area contributed by atoms with Crippen molar-refractivity contribution in [1.82, 2.24) is 20.9 Å². The van der Waals surface area contributed by atoms with Crippen molar-refractivity contribution >= 4 is 35.7 Å². The zero-order valence-corrected chi connectivity index (χ0v) is 24.0. The number of aldehydes is 1.